The van der Waals surface area contributed by atoms with E-state index in [1.54, 1.807) is 25.1 Å². The second kappa shape index (κ2) is 5.23. The van der Waals surface area contributed by atoms with Crippen LogP contribution in [0, 0.1) is 0 Å². The van der Waals surface area contributed by atoms with Crippen LogP contribution in [0.1, 0.15) is 17.3 Å². The number of benzene rings is 1. The molecule has 19 heavy (non-hydrogen) atoms. The molecule has 6 nitrogen and oxygen atoms in total. The Bertz CT molecular complexity index is 678. The van der Waals surface area contributed by atoms with E-state index in [2.05, 4.69) is 15.5 Å². The summed E-state index contributed by atoms with van der Waals surface area (Å²) in [5.74, 6) is -0.432. The summed E-state index contributed by atoms with van der Waals surface area (Å²) < 4.78 is 23.8. The fourth-order valence-corrected chi connectivity index (χ4v) is 2.62. The van der Waals surface area contributed by atoms with Gasteiger partial charge in [0.25, 0.3) is 5.91 Å². The number of aromatic amines is 1. The van der Waals surface area contributed by atoms with Crippen molar-refractivity contribution in [3.8, 4) is 0 Å². The lowest BCUT2D eigenvalue weighted by atomic mass is 10.3. The minimum absolute atomic E-state index is 0.0222. The first kappa shape index (κ1) is 13.3. The van der Waals surface area contributed by atoms with Gasteiger partial charge in [0.1, 0.15) is 0 Å². The molecule has 0 fully saturated rings. The van der Waals surface area contributed by atoms with Crippen LogP contribution in [0.15, 0.2) is 41.6 Å². The molecule has 1 amide bonds. The van der Waals surface area contributed by atoms with E-state index in [-0.39, 0.29) is 16.3 Å². The van der Waals surface area contributed by atoms with E-state index in [1.165, 1.54) is 18.5 Å². The van der Waals surface area contributed by atoms with Crippen LogP contribution in [0.5, 0.6) is 0 Å². The number of anilines is 1. The monoisotopic (exact) mass is 279 g/mol. The van der Waals surface area contributed by atoms with Crippen molar-refractivity contribution >= 4 is 21.4 Å². The highest BCUT2D eigenvalue weighted by Gasteiger charge is 2.18. The van der Waals surface area contributed by atoms with Crippen molar-refractivity contribution in [2.24, 2.45) is 0 Å². The van der Waals surface area contributed by atoms with Crippen molar-refractivity contribution in [3.63, 3.8) is 0 Å². The zero-order valence-electron chi connectivity index (χ0n) is 10.3. The van der Waals surface area contributed by atoms with Gasteiger partial charge >= 0.3 is 0 Å². The molecule has 1 aromatic heterocycles. The number of para-hydroxylation sites is 1. The number of carbonyl (C=O) groups is 1. The van der Waals surface area contributed by atoms with E-state index < -0.39 is 15.7 Å². The molecule has 1 heterocycles. The van der Waals surface area contributed by atoms with Gasteiger partial charge in [-0.3, -0.25) is 9.89 Å². The van der Waals surface area contributed by atoms with E-state index in [4.69, 9.17) is 0 Å². The van der Waals surface area contributed by atoms with Gasteiger partial charge in [-0.1, -0.05) is 19.1 Å². The van der Waals surface area contributed by atoms with Crippen LogP contribution in [-0.4, -0.2) is 30.3 Å². The lowest BCUT2D eigenvalue weighted by Crippen LogP contribution is -2.15. The molecule has 0 radical (unpaired) electrons. The summed E-state index contributed by atoms with van der Waals surface area (Å²) in [4.78, 5) is 12.0. The van der Waals surface area contributed by atoms with Crippen LogP contribution in [0.4, 0.5) is 5.69 Å². The quantitative estimate of drug-likeness (QED) is 0.886. The Kier molecular flexibility index (Phi) is 3.66. The third kappa shape index (κ3) is 2.82. The van der Waals surface area contributed by atoms with Gasteiger partial charge in [-0.25, -0.2) is 8.42 Å². The van der Waals surface area contributed by atoms with Gasteiger partial charge in [0.05, 0.1) is 28.1 Å². The zero-order chi connectivity index (χ0) is 13.9. The average Bonchev–Trinajstić information content (AvgIpc) is 2.93. The lowest BCUT2D eigenvalue weighted by Gasteiger charge is -2.09. The van der Waals surface area contributed by atoms with E-state index in [0.717, 1.165) is 0 Å². The summed E-state index contributed by atoms with van der Waals surface area (Å²) in [6.45, 7) is 1.56. The van der Waals surface area contributed by atoms with Crippen LogP contribution in [0.3, 0.4) is 0 Å². The molecular formula is C12H13N3O3S. The number of sulfone groups is 1. The van der Waals surface area contributed by atoms with Crippen LogP contribution < -0.4 is 5.32 Å². The maximum atomic E-state index is 11.9. The minimum atomic E-state index is -3.38. The number of hydrogen-bond acceptors (Lipinski definition) is 4. The maximum absolute atomic E-state index is 11.9. The Hall–Kier alpha value is -2.15. The van der Waals surface area contributed by atoms with Crippen LogP contribution in [0.25, 0.3) is 0 Å². The summed E-state index contributed by atoms with van der Waals surface area (Å²) in [5, 5.41) is 8.77. The Morgan fingerprint density at radius 2 is 2.11 bits per heavy atom. The Labute approximate surface area is 110 Å². The molecule has 2 N–H and O–H groups in total. The predicted octanol–water partition coefficient (Wildman–Crippen LogP) is 1.46. The average molecular weight is 279 g/mol. The molecular weight excluding hydrogens is 266 g/mol. The number of amides is 1. The van der Waals surface area contributed by atoms with Gasteiger partial charge in [0.2, 0.25) is 0 Å². The molecule has 0 aliphatic carbocycles. The first-order valence-electron chi connectivity index (χ1n) is 5.66. The topological polar surface area (TPSA) is 91.9 Å². The summed E-state index contributed by atoms with van der Waals surface area (Å²) in [5.41, 5.74) is 0.610. The normalized spacial score (nSPS) is 11.2. The summed E-state index contributed by atoms with van der Waals surface area (Å²) in [6, 6.07) is 6.32. The second-order valence-corrected chi connectivity index (χ2v) is 6.09. The van der Waals surface area contributed by atoms with Gasteiger partial charge in [0.15, 0.2) is 9.84 Å². The van der Waals surface area contributed by atoms with Crippen LogP contribution >= 0.6 is 0 Å². The molecule has 0 saturated heterocycles. The van der Waals surface area contributed by atoms with E-state index in [0.29, 0.717) is 5.56 Å². The molecule has 0 saturated carbocycles. The molecule has 0 aliphatic rings. The number of nitrogens with one attached hydrogen (secondary N) is 2. The van der Waals surface area contributed by atoms with E-state index >= 15 is 0 Å². The van der Waals surface area contributed by atoms with Gasteiger partial charge in [-0.2, -0.15) is 5.10 Å². The Morgan fingerprint density at radius 1 is 1.37 bits per heavy atom. The largest absolute Gasteiger partial charge is 0.321 e. The Morgan fingerprint density at radius 3 is 2.74 bits per heavy atom. The fourth-order valence-electron chi connectivity index (χ4n) is 1.57. The molecule has 7 heteroatoms. The van der Waals surface area contributed by atoms with Crippen molar-refractivity contribution in [3.05, 3.63) is 42.2 Å². The fraction of sp³-hybridized carbons (Fsp3) is 0.167. The van der Waals surface area contributed by atoms with Crippen molar-refractivity contribution in [1.82, 2.24) is 10.2 Å². The second-order valence-electron chi connectivity index (χ2n) is 3.84. The van der Waals surface area contributed by atoms with Crippen molar-refractivity contribution < 1.29 is 13.2 Å². The highest BCUT2D eigenvalue weighted by Crippen LogP contribution is 2.22. The molecule has 2 rings (SSSR count). The van der Waals surface area contributed by atoms with E-state index in [9.17, 15) is 13.2 Å². The number of aromatic nitrogens is 2. The van der Waals surface area contributed by atoms with Crippen molar-refractivity contribution in [1.29, 1.82) is 0 Å². The number of rotatable bonds is 4. The highest BCUT2D eigenvalue weighted by atomic mass is 32.2. The molecule has 2 aromatic rings. The SMILES string of the molecule is CCS(=O)(=O)c1ccccc1NC(=O)c1cn[nH]c1. The van der Waals surface area contributed by atoms with Crippen LogP contribution in [0.2, 0.25) is 0 Å². The van der Waals surface area contributed by atoms with E-state index in [1.807, 2.05) is 0 Å². The molecule has 0 bridgehead atoms. The number of hydrogen-bond donors (Lipinski definition) is 2. The summed E-state index contributed by atoms with van der Waals surface area (Å²) >= 11 is 0. The molecule has 100 valence electrons. The van der Waals surface area contributed by atoms with Gasteiger partial charge in [-0.05, 0) is 12.1 Å². The van der Waals surface area contributed by atoms with Crippen molar-refractivity contribution in [2.75, 3.05) is 11.1 Å². The summed E-state index contributed by atoms with van der Waals surface area (Å²) in [7, 11) is -3.38. The highest BCUT2D eigenvalue weighted by molar-refractivity contribution is 7.91. The third-order valence-corrected chi connectivity index (χ3v) is 4.40. The molecule has 1 aromatic carbocycles. The number of H-pyrrole nitrogens is 1. The number of nitrogens with zero attached hydrogens (tertiary/aromatic N) is 1. The minimum Gasteiger partial charge on any atom is -0.321 e. The number of carbonyl (C=O) groups excluding carboxylic acids is 1. The van der Waals surface area contributed by atoms with Gasteiger partial charge in [-0.15, -0.1) is 0 Å². The third-order valence-electron chi connectivity index (χ3n) is 2.61. The first-order valence-corrected chi connectivity index (χ1v) is 7.31. The zero-order valence-corrected chi connectivity index (χ0v) is 11.1. The molecule has 0 unspecified atom stereocenters. The maximum Gasteiger partial charge on any atom is 0.258 e. The van der Waals surface area contributed by atoms with Gasteiger partial charge < -0.3 is 5.32 Å². The first-order chi connectivity index (χ1) is 9.04. The summed E-state index contributed by atoms with van der Waals surface area (Å²) in [6.07, 6.45) is 2.80. The molecule has 0 spiro atoms. The predicted molar refractivity (Wildman–Crippen MR) is 70.7 cm³/mol. The Balaban J connectivity index is 2.34. The lowest BCUT2D eigenvalue weighted by molar-refractivity contribution is 0.102. The van der Waals surface area contributed by atoms with Crippen LogP contribution in [-0.2, 0) is 9.84 Å². The molecule has 0 aliphatic heterocycles. The molecule has 0 atom stereocenters. The smallest absolute Gasteiger partial charge is 0.258 e. The van der Waals surface area contributed by atoms with Gasteiger partial charge in [0, 0.05) is 6.20 Å². The standard InChI is InChI=1S/C12H13N3O3S/c1-2-19(17,18)11-6-4-3-5-10(11)15-12(16)9-7-13-14-8-9/h3-8H,2H2,1H3,(H,13,14)(H,15,16). The van der Waals surface area contributed by atoms with Crippen molar-refractivity contribution in [2.45, 2.75) is 11.8 Å².